The zero-order chi connectivity index (χ0) is 13.8. The van der Waals surface area contributed by atoms with E-state index in [2.05, 4.69) is 11.8 Å². The molecule has 2 unspecified atom stereocenters. The molecule has 0 aromatic heterocycles. The Bertz CT molecular complexity index is 426. The van der Waals surface area contributed by atoms with Crippen molar-refractivity contribution in [2.45, 2.75) is 42.6 Å². The SMILES string of the molecule is CCC(CC(O)N1CCC1)Sc1cc(Cl)ccc1Cl. The molecule has 1 aromatic rings. The lowest BCUT2D eigenvalue weighted by Crippen LogP contribution is -2.46. The molecule has 0 spiro atoms. The van der Waals surface area contributed by atoms with Crippen LogP contribution < -0.4 is 0 Å². The summed E-state index contributed by atoms with van der Waals surface area (Å²) in [6.45, 7) is 4.17. The molecule has 2 nitrogen and oxygen atoms in total. The van der Waals surface area contributed by atoms with Crippen LogP contribution in [0.15, 0.2) is 23.1 Å². The van der Waals surface area contributed by atoms with Crippen LogP contribution in [0.3, 0.4) is 0 Å². The predicted octanol–water partition coefficient (Wildman–Crippen LogP) is 4.28. The van der Waals surface area contributed by atoms with Gasteiger partial charge in [-0.1, -0.05) is 30.1 Å². The Morgan fingerprint density at radius 2 is 2.11 bits per heavy atom. The molecule has 0 aliphatic carbocycles. The van der Waals surface area contributed by atoms with E-state index >= 15 is 0 Å². The monoisotopic (exact) mass is 319 g/mol. The minimum Gasteiger partial charge on any atom is -0.378 e. The number of aliphatic hydroxyl groups is 1. The number of likely N-dealkylation sites (tertiary alicyclic amines) is 1. The van der Waals surface area contributed by atoms with E-state index in [0.717, 1.165) is 35.8 Å². The third kappa shape index (κ3) is 4.27. The summed E-state index contributed by atoms with van der Waals surface area (Å²) in [7, 11) is 0. The first-order valence-electron chi connectivity index (χ1n) is 6.64. The van der Waals surface area contributed by atoms with Crippen LogP contribution in [0.25, 0.3) is 0 Å². The second-order valence-corrected chi connectivity index (χ2v) is 7.01. The second kappa shape index (κ2) is 7.19. The zero-order valence-electron chi connectivity index (χ0n) is 11.0. The van der Waals surface area contributed by atoms with E-state index in [4.69, 9.17) is 23.2 Å². The predicted molar refractivity (Wildman–Crippen MR) is 83.2 cm³/mol. The molecule has 0 saturated carbocycles. The van der Waals surface area contributed by atoms with Crippen molar-refractivity contribution in [1.82, 2.24) is 4.90 Å². The summed E-state index contributed by atoms with van der Waals surface area (Å²) in [4.78, 5) is 3.11. The first-order chi connectivity index (χ1) is 9.10. The minimum absolute atomic E-state index is 0.329. The van der Waals surface area contributed by atoms with Crippen LogP contribution in [0.5, 0.6) is 0 Å². The van der Waals surface area contributed by atoms with Gasteiger partial charge in [0.05, 0.1) is 5.02 Å². The van der Waals surface area contributed by atoms with Crippen LogP contribution in [0.1, 0.15) is 26.2 Å². The van der Waals surface area contributed by atoms with E-state index in [9.17, 15) is 5.11 Å². The van der Waals surface area contributed by atoms with Crippen LogP contribution in [-0.4, -0.2) is 34.6 Å². The fraction of sp³-hybridized carbons (Fsp3) is 0.571. The lowest BCUT2D eigenvalue weighted by Gasteiger charge is -2.36. The van der Waals surface area contributed by atoms with E-state index in [0.29, 0.717) is 10.3 Å². The molecule has 1 N–H and O–H groups in total. The number of hydrogen-bond acceptors (Lipinski definition) is 3. The van der Waals surface area contributed by atoms with Gasteiger partial charge in [-0.3, -0.25) is 4.90 Å². The number of thioether (sulfide) groups is 1. The first-order valence-corrected chi connectivity index (χ1v) is 8.27. The molecule has 2 atom stereocenters. The van der Waals surface area contributed by atoms with Crippen LogP contribution in [0.2, 0.25) is 10.0 Å². The van der Waals surface area contributed by atoms with Crippen molar-refractivity contribution in [3.63, 3.8) is 0 Å². The molecule has 1 aromatic carbocycles. The highest BCUT2D eigenvalue weighted by Crippen LogP contribution is 2.35. The molecule has 1 aliphatic heterocycles. The number of aliphatic hydroxyl groups excluding tert-OH is 1. The van der Waals surface area contributed by atoms with Crippen molar-refractivity contribution in [1.29, 1.82) is 0 Å². The highest BCUT2D eigenvalue weighted by molar-refractivity contribution is 8.00. The van der Waals surface area contributed by atoms with Gasteiger partial charge >= 0.3 is 0 Å². The average Bonchev–Trinajstić information content (AvgIpc) is 2.30. The standard InChI is InChI=1S/C14H19Cl2NOS/c1-2-11(9-14(18)17-6-3-7-17)19-13-8-10(15)4-5-12(13)16/h4-5,8,11,14,18H,2-3,6-7,9H2,1H3. The summed E-state index contributed by atoms with van der Waals surface area (Å²) >= 11 is 13.9. The Morgan fingerprint density at radius 1 is 1.37 bits per heavy atom. The summed E-state index contributed by atoms with van der Waals surface area (Å²) in [5.74, 6) is 0. The molecule has 106 valence electrons. The van der Waals surface area contributed by atoms with Gasteiger partial charge in [0.2, 0.25) is 0 Å². The smallest absolute Gasteiger partial charge is 0.108 e. The Hall–Kier alpha value is 0.0700. The molecule has 1 heterocycles. The van der Waals surface area contributed by atoms with Crippen molar-refractivity contribution >= 4 is 35.0 Å². The highest BCUT2D eigenvalue weighted by Gasteiger charge is 2.24. The number of benzene rings is 1. The topological polar surface area (TPSA) is 23.5 Å². The number of halogens is 2. The first kappa shape index (κ1) is 15.5. The summed E-state index contributed by atoms with van der Waals surface area (Å²) in [5.41, 5.74) is 0. The van der Waals surface area contributed by atoms with Crippen molar-refractivity contribution in [2.24, 2.45) is 0 Å². The maximum absolute atomic E-state index is 10.1. The molecule has 1 saturated heterocycles. The van der Waals surface area contributed by atoms with Crippen molar-refractivity contribution < 1.29 is 5.11 Å². The molecule has 1 aliphatic rings. The Balaban J connectivity index is 1.95. The van der Waals surface area contributed by atoms with Gasteiger partial charge in [0.1, 0.15) is 6.23 Å². The molecule has 0 amide bonds. The third-order valence-electron chi connectivity index (χ3n) is 3.43. The lowest BCUT2D eigenvalue weighted by atomic mass is 10.1. The summed E-state index contributed by atoms with van der Waals surface area (Å²) < 4.78 is 0. The third-order valence-corrected chi connectivity index (χ3v) is 5.56. The van der Waals surface area contributed by atoms with Gasteiger partial charge in [-0.2, -0.15) is 0 Å². The molecule has 2 rings (SSSR count). The van der Waals surface area contributed by atoms with Gasteiger partial charge in [0.25, 0.3) is 0 Å². The van der Waals surface area contributed by atoms with Crippen LogP contribution in [0, 0.1) is 0 Å². The van der Waals surface area contributed by atoms with Gasteiger partial charge in [-0.05, 0) is 37.5 Å². The average molecular weight is 320 g/mol. The van der Waals surface area contributed by atoms with Gasteiger partial charge < -0.3 is 5.11 Å². The van der Waals surface area contributed by atoms with Gasteiger partial charge in [0.15, 0.2) is 0 Å². The molecule has 5 heteroatoms. The summed E-state index contributed by atoms with van der Waals surface area (Å²) in [6, 6.07) is 5.52. The highest BCUT2D eigenvalue weighted by atomic mass is 35.5. The van der Waals surface area contributed by atoms with Crippen molar-refractivity contribution in [2.75, 3.05) is 13.1 Å². The molecule has 0 bridgehead atoms. The van der Waals surface area contributed by atoms with Crippen molar-refractivity contribution in [3.05, 3.63) is 28.2 Å². The number of nitrogens with zero attached hydrogens (tertiary/aromatic N) is 1. The maximum Gasteiger partial charge on any atom is 0.108 e. The fourth-order valence-corrected chi connectivity index (χ4v) is 3.73. The number of hydrogen-bond donors (Lipinski definition) is 1. The van der Waals surface area contributed by atoms with Crippen LogP contribution in [0.4, 0.5) is 0 Å². The molecular weight excluding hydrogens is 301 g/mol. The van der Waals surface area contributed by atoms with Crippen LogP contribution >= 0.6 is 35.0 Å². The molecule has 0 radical (unpaired) electrons. The molecule has 19 heavy (non-hydrogen) atoms. The Morgan fingerprint density at radius 3 is 2.68 bits per heavy atom. The summed E-state index contributed by atoms with van der Waals surface area (Å²) in [5, 5.41) is 11.9. The molecular formula is C14H19Cl2NOS. The van der Waals surface area contributed by atoms with E-state index in [1.54, 1.807) is 17.8 Å². The van der Waals surface area contributed by atoms with Crippen molar-refractivity contribution in [3.8, 4) is 0 Å². The quantitative estimate of drug-likeness (QED) is 0.792. The largest absolute Gasteiger partial charge is 0.378 e. The zero-order valence-corrected chi connectivity index (χ0v) is 13.3. The van der Waals surface area contributed by atoms with E-state index in [-0.39, 0.29) is 6.23 Å². The van der Waals surface area contributed by atoms with Gasteiger partial charge in [-0.15, -0.1) is 11.8 Å². The van der Waals surface area contributed by atoms with E-state index < -0.39 is 0 Å². The number of rotatable bonds is 6. The summed E-state index contributed by atoms with van der Waals surface area (Å²) in [6.07, 6.45) is 2.63. The normalized spacial score (nSPS) is 18.9. The fourth-order valence-electron chi connectivity index (χ4n) is 2.07. The van der Waals surface area contributed by atoms with Gasteiger partial charge in [-0.25, -0.2) is 0 Å². The van der Waals surface area contributed by atoms with Gasteiger partial charge in [0, 0.05) is 28.3 Å². The van der Waals surface area contributed by atoms with Crippen LogP contribution in [-0.2, 0) is 0 Å². The Labute approximate surface area is 129 Å². The second-order valence-electron chi connectivity index (χ2n) is 4.83. The molecule has 1 fully saturated rings. The minimum atomic E-state index is -0.329. The lowest BCUT2D eigenvalue weighted by molar-refractivity contribution is -0.0390. The Kier molecular flexibility index (Phi) is 5.85. The van der Waals surface area contributed by atoms with E-state index in [1.165, 1.54) is 6.42 Å². The van der Waals surface area contributed by atoms with E-state index in [1.807, 2.05) is 12.1 Å². The maximum atomic E-state index is 10.1.